The molecule has 2 aromatic carbocycles. The maximum absolute atomic E-state index is 13.2. The molecule has 0 aliphatic carbocycles. The number of morpholine rings is 1. The van der Waals surface area contributed by atoms with Gasteiger partial charge in [-0.1, -0.05) is 12.1 Å². The fraction of sp³-hybridized carbons (Fsp3) is 0.348. The van der Waals surface area contributed by atoms with Crippen LogP contribution in [0.2, 0.25) is 0 Å². The third kappa shape index (κ3) is 5.05. The minimum atomic E-state index is -0.294. The predicted molar refractivity (Wildman–Crippen MR) is 120 cm³/mol. The minimum absolute atomic E-state index is 0.0150. The number of H-pyrrole nitrogens is 1. The van der Waals surface area contributed by atoms with Crippen LogP contribution in [0.15, 0.2) is 48.5 Å². The molecule has 7 nitrogen and oxygen atoms in total. The van der Waals surface area contributed by atoms with Crippen LogP contribution in [-0.2, 0) is 16.1 Å². The molecule has 1 unspecified atom stereocenters. The van der Waals surface area contributed by atoms with Gasteiger partial charge in [0.25, 0.3) is 0 Å². The Kier molecular flexibility index (Phi) is 6.96. The van der Waals surface area contributed by atoms with Gasteiger partial charge in [0, 0.05) is 25.1 Å². The molecule has 9 heteroatoms. The average Bonchev–Trinajstić information content (AvgIpc) is 3.19. The number of aromatic nitrogens is 3. The van der Waals surface area contributed by atoms with Crippen molar-refractivity contribution in [1.29, 1.82) is 0 Å². The summed E-state index contributed by atoms with van der Waals surface area (Å²) in [5.74, 6) is 1.19. The van der Waals surface area contributed by atoms with Crippen LogP contribution in [0.1, 0.15) is 25.0 Å². The molecule has 168 valence electrons. The summed E-state index contributed by atoms with van der Waals surface area (Å²) in [4.78, 5) is 14.7. The SMILES string of the molecule is CCOc1ccc(-c2n[nH]c(=S)n2CCC(=O)N2CCOC(c3ccc(F)cc3)C2)cc1. The lowest BCUT2D eigenvalue weighted by molar-refractivity contribution is -0.139. The van der Waals surface area contributed by atoms with Gasteiger partial charge in [0.15, 0.2) is 10.6 Å². The van der Waals surface area contributed by atoms with Crippen LogP contribution in [-0.4, -0.2) is 51.9 Å². The summed E-state index contributed by atoms with van der Waals surface area (Å²) in [7, 11) is 0. The normalized spacial score (nSPS) is 16.2. The summed E-state index contributed by atoms with van der Waals surface area (Å²) in [5.41, 5.74) is 1.75. The summed E-state index contributed by atoms with van der Waals surface area (Å²) >= 11 is 5.39. The number of aromatic amines is 1. The fourth-order valence-corrected chi connectivity index (χ4v) is 3.96. The molecule has 3 aromatic rings. The number of hydrogen-bond acceptors (Lipinski definition) is 5. The number of carbonyl (C=O) groups is 1. The monoisotopic (exact) mass is 456 g/mol. The molecule has 0 spiro atoms. The molecule has 0 saturated carbocycles. The highest BCUT2D eigenvalue weighted by Crippen LogP contribution is 2.24. The Morgan fingerprint density at radius 1 is 1.25 bits per heavy atom. The highest BCUT2D eigenvalue weighted by Gasteiger charge is 2.25. The summed E-state index contributed by atoms with van der Waals surface area (Å²) < 4.78 is 26.8. The Bertz CT molecular complexity index is 1110. The minimum Gasteiger partial charge on any atom is -0.494 e. The van der Waals surface area contributed by atoms with E-state index in [1.54, 1.807) is 17.0 Å². The Hall–Kier alpha value is -3.04. The number of carbonyl (C=O) groups excluding carboxylic acids is 1. The molecule has 1 aliphatic heterocycles. The van der Waals surface area contributed by atoms with E-state index in [4.69, 9.17) is 21.7 Å². The van der Waals surface area contributed by atoms with Crippen LogP contribution in [0.25, 0.3) is 11.4 Å². The lowest BCUT2D eigenvalue weighted by atomic mass is 10.1. The van der Waals surface area contributed by atoms with Gasteiger partial charge in [0.2, 0.25) is 5.91 Å². The number of nitrogens with zero attached hydrogens (tertiary/aromatic N) is 3. The van der Waals surface area contributed by atoms with Gasteiger partial charge in [-0.05, 0) is 61.1 Å². The van der Waals surface area contributed by atoms with Crippen LogP contribution >= 0.6 is 12.2 Å². The molecule has 1 atom stereocenters. The van der Waals surface area contributed by atoms with Crippen LogP contribution in [0.3, 0.4) is 0 Å². The second-order valence-electron chi connectivity index (χ2n) is 7.46. The van der Waals surface area contributed by atoms with E-state index in [0.29, 0.717) is 43.4 Å². The van der Waals surface area contributed by atoms with Crippen LogP contribution < -0.4 is 4.74 Å². The van der Waals surface area contributed by atoms with E-state index in [1.165, 1.54) is 12.1 Å². The van der Waals surface area contributed by atoms with Gasteiger partial charge in [-0.15, -0.1) is 0 Å². The Morgan fingerprint density at radius 3 is 2.72 bits per heavy atom. The molecule has 1 N–H and O–H groups in total. The Labute approximate surface area is 190 Å². The van der Waals surface area contributed by atoms with Crippen molar-refractivity contribution >= 4 is 18.1 Å². The second kappa shape index (κ2) is 10.1. The quantitative estimate of drug-likeness (QED) is 0.541. The van der Waals surface area contributed by atoms with E-state index < -0.39 is 0 Å². The van der Waals surface area contributed by atoms with Crippen LogP contribution in [0.4, 0.5) is 4.39 Å². The third-order valence-corrected chi connectivity index (χ3v) is 5.70. The zero-order chi connectivity index (χ0) is 22.5. The lowest BCUT2D eigenvalue weighted by Crippen LogP contribution is -2.42. The number of amides is 1. The van der Waals surface area contributed by atoms with Crippen molar-refractivity contribution in [2.45, 2.75) is 26.0 Å². The van der Waals surface area contributed by atoms with Crippen molar-refractivity contribution in [3.05, 3.63) is 64.7 Å². The molecule has 0 bridgehead atoms. The van der Waals surface area contributed by atoms with Crippen LogP contribution in [0.5, 0.6) is 5.75 Å². The molecule has 1 aromatic heterocycles. The largest absolute Gasteiger partial charge is 0.494 e. The van der Waals surface area contributed by atoms with Crippen molar-refractivity contribution in [2.24, 2.45) is 0 Å². The molecule has 1 fully saturated rings. The van der Waals surface area contributed by atoms with Gasteiger partial charge in [-0.2, -0.15) is 5.10 Å². The Balaban J connectivity index is 1.41. The smallest absolute Gasteiger partial charge is 0.224 e. The summed E-state index contributed by atoms with van der Waals surface area (Å²) in [6.45, 7) is 4.35. The van der Waals surface area contributed by atoms with Crippen molar-refractivity contribution in [1.82, 2.24) is 19.7 Å². The van der Waals surface area contributed by atoms with Crippen molar-refractivity contribution in [2.75, 3.05) is 26.3 Å². The van der Waals surface area contributed by atoms with Gasteiger partial charge in [-0.3, -0.25) is 14.5 Å². The first kappa shape index (κ1) is 22.2. The zero-order valence-corrected chi connectivity index (χ0v) is 18.6. The van der Waals surface area contributed by atoms with Crippen LogP contribution in [0, 0.1) is 10.6 Å². The van der Waals surface area contributed by atoms with Gasteiger partial charge in [-0.25, -0.2) is 4.39 Å². The van der Waals surface area contributed by atoms with E-state index in [2.05, 4.69) is 10.2 Å². The first-order chi connectivity index (χ1) is 15.5. The number of halogens is 1. The van der Waals surface area contributed by atoms with Crippen molar-refractivity contribution in [3.63, 3.8) is 0 Å². The predicted octanol–water partition coefficient (Wildman–Crippen LogP) is 4.14. The molecule has 1 amide bonds. The number of ether oxygens (including phenoxy) is 2. The molecular weight excluding hydrogens is 431 g/mol. The fourth-order valence-electron chi connectivity index (χ4n) is 3.73. The third-order valence-electron chi connectivity index (χ3n) is 5.39. The summed E-state index contributed by atoms with van der Waals surface area (Å²) in [6.07, 6.45) is 0.0254. The number of hydrogen-bond donors (Lipinski definition) is 1. The van der Waals surface area contributed by atoms with Gasteiger partial charge in [0.05, 0.1) is 19.8 Å². The maximum atomic E-state index is 13.2. The molecule has 4 rings (SSSR count). The van der Waals surface area contributed by atoms with E-state index in [0.717, 1.165) is 16.9 Å². The topological polar surface area (TPSA) is 72.4 Å². The number of benzene rings is 2. The van der Waals surface area contributed by atoms with Crippen molar-refractivity contribution < 1.29 is 18.7 Å². The Morgan fingerprint density at radius 2 is 2.00 bits per heavy atom. The number of nitrogens with one attached hydrogen (secondary N) is 1. The maximum Gasteiger partial charge on any atom is 0.224 e. The zero-order valence-electron chi connectivity index (χ0n) is 17.8. The van der Waals surface area contributed by atoms with Gasteiger partial charge in [0.1, 0.15) is 17.7 Å². The molecular formula is C23H25FN4O3S. The summed E-state index contributed by atoms with van der Waals surface area (Å²) in [6, 6.07) is 13.8. The van der Waals surface area contributed by atoms with E-state index in [-0.39, 0.29) is 24.2 Å². The van der Waals surface area contributed by atoms with Crippen molar-refractivity contribution in [3.8, 4) is 17.1 Å². The first-order valence-electron chi connectivity index (χ1n) is 10.6. The second-order valence-corrected chi connectivity index (χ2v) is 7.85. The van der Waals surface area contributed by atoms with E-state index in [1.807, 2.05) is 35.8 Å². The van der Waals surface area contributed by atoms with E-state index in [9.17, 15) is 9.18 Å². The molecule has 2 heterocycles. The van der Waals surface area contributed by atoms with Gasteiger partial charge >= 0.3 is 0 Å². The lowest BCUT2D eigenvalue weighted by Gasteiger charge is -2.33. The average molecular weight is 457 g/mol. The molecule has 1 aliphatic rings. The molecule has 32 heavy (non-hydrogen) atoms. The highest BCUT2D eigenvalue weighted by atomic mass is 32.1. The van der Waals surface area contributed by atoms with E-state index >= 15 is 0 Å². The first-order valence-corrected chi connectivity index (χ1v) is 11.0. The number of rotatable bonds is 7. The molecule has 0 radical (unpaired) electrons. The summed E-state index contributed by atoms with van der Waals surface area (Å²) in [5, 5.41) is 7.16. The molecule has 1 saturated heterocycles. The van der Waals surface area contributed by atoms with Gasteiger partial charge < -0.3 is 14.4 Å². The standard InChI is InChI=1S/C23H25FN4O3S/c1-2-30-19-9-5-17(6-10-19)22-25-26-23(32)28(22)12-11-21(29)27-13-14-31-20(15-27)16-3-7-18(24)8-4-16/h3-10,20H,2,11-15H2,1H3,(H,26,32). The highest BCUT2D eigenvalue weighted by molar-refractivity contribution is 7.71.